The number of nitrogens with zero attached hydrogens (tertiary/aromatic N) is 1. The Morgan fingerprint density at radius 2 is 1.93 bits per heavy atom. The van der Waals surface area contributed by atoms with Gasteiger partial charge in [-0.25, -0.2) is 0 Å². The fraction of sp³-hybridized carbons (Fsp3) is 0.455. The molecule has 2 aliphatic heterocycles. The van der Waals surface area contributed by atoms with Crippen LogP contribution in [0.1, 0.15) is 29.4 Å². The third kappa shape index (κ3) is 2.82. The number of aliphatic hydroxyl groups excluding tert-OH is 1. The standard InChI is InChI=1S/C22H23NO6S/c24-11-12-8-15-19(21(27)23(20(15)26)10-13-4-3-7-30-13)16-9-18(29-22(12,16)28)14-5-1-2-6-17(14)25/h1-7,12,15-16,18-19,24-25,28H,8-11H2/t12-,15+,16+,18+,19+,22-/m1/s1. The third-order valence-electron chi connectivity index (χ3n) is 6.85. The normalized spacial score (nSPS) is 35.5. The number of benzene rings is 1. The van der Waals surface area contributed by atoms with Crippen LogP contribution in [0.3, 0.4) is 0 Å². The molecule has 0 radical (unpaired) electrons. The second-order valence-corrected chi connectivity index (χ2v) is 9.38. The molecule has 3 N–H and O–H groups in total. The van der Waals surface area contributed by atoms with E-state index in [4.69, 9.17) is 4.74 Å². The zero-order valence-corrected chi connectivity index (χ0v) is 17.0. The molecule has 5 rings (SSSR count). The number of likely N-dealkylation sites (tertiary alicyclic amines) is 1. The molecule has 2 aromatic rings. The van der Waals surface area contributed by atoms with E-state index in [9.17, 15) is 24.9 Å². The number of phenolic OH excluding ortho intramolecular Hbond substituents is 1. The molecule has 1 aliphatic carbocycles. The molecule has 1 saturated carbocycles. The number of imide groups is 1. The Kier molecular flexibility index (Phi) is 4.70. The van der Waals surface area contributed by atoms with Gasteiger partial charge in [-0.05, 0) is 30.4 Å². The van der Waals surface area contributed by atoms with E-state index in [-0.39, 0.29) is 43.6 Å². The number of carbonyl (C=O) groups is 2. The first-order valence-corrected chi connectivity index (χ1v) is 11.0. The number of rotatable bonds is 4. The van der Waals surface area contributed by atoms with Gasteiger partial charge in [-0.15, -0.1) is 11.3 Å². The van der Waals surface area contributed by atoms with Crippen LogP contribution in [0.15, 0.2) is 41.8 Å². The van der Waals surface area contributed by atoms with Crippen molar-refractivity contribution >= 4 is 23.2 Å². The highest BCUT2D eigenvalue weighted by molar-refractivity contribution is 7.09. The Morgan fingerprint density at radius 3 is 2.63 bits per heavy atom. The van der Waals surface area contributed by atoms with Crippen molar-refractivity contribution in [3.63, 3.8) is 0 Å². The predicted octanol–water partition coefficient (Wildman–Crippen LogP) is 2.03. The zero-order valence-electron chi connectivity index (χ0n) is 16.2. The minimum atomic E-state index is -1.72. The average molecular weight is 429 g/mol. The van der Waals surface area contributed by atoms with E-state index in [0.717, 1.165) is 4.88 Å². The van der Waals surface area contributed by atoms with Crippen molar-refractivity contribution in [1.29, 1.82) is 0 Å². The number of fused-ring (bicyclic) bond motifs is 3. The number of ether oxygens (including phenoxy) is 1. The second-order valence-electron chi connectivity index (χ2n) is 8.35. The molecule has 8 heteroatoms. The Bertz CT molecular complexity index is 978. The van der Waals surface area contributed by atoms with E-state index in [2.05, 4.69) is 0 Å². The number of carbonyl (C=O) groups excluding carboxylic acids is 2. The maximum Gasteiger partial charge on any atom is 0.233 e. The van der Waals surface area contributed by atoms with Gasteiger partial charge in [-0.2, -0.15) is 0 Å². The number of phenols is 1. The molecule has 158 valence electrons. The summed E-state index contributed by atoms with van der Waals surface area (Å²) in [5.74, 6) is -4.80. The van der Waals surface area contributed by atoms with Crippen LogP contribution in [0.5, 0.6) is 5.75 Å². The number of aliphatic hydroxyl groups is 2. The highest BCUT2D eigenvalue weighted by Gasteiger charge is 2.66. The molecule has 6 atom stereocenters. The van der Waals surface area contributed by atoms with Crippen LogP contribution in [0.2, 0.25) is 0 Å². The lowest BCUT2D eigenvalue weighted by Crippen LogP contribution is -2.54. The maximum absolute atomic E-state index is 13.3. The molecule has 2 amide bonds. The molecule has 7 nitrogen and oxygen atoms in total. The first-order chi connectivity index (χ1) is 14.4. The van der Waals surface area contributed by atoms with Gasteiger partial charge in [0.2, 0.25) is 11.8 Å². The molecule has 3 aliphatic rings. The average Bonchev–Trinajstić information content (AvgIpc) is 3.42. The van der Waals surface area contributed by atoms with Crippen LogP contribution in [0, 0.1) is 23.7 Å². The van der Waals surface area contributed by atoms with E-state index in [1.807, 2.05) is 17.5 Å². The van der Waals surface area contributed by atoms with Crippen molar-refractivity contribution in [2.24, 2.45) is 23.7 Å². The number of para-hydroxylation sites is 1. The molecule has 0 unspecified atom stereocenters. The summed E-state index contributed by atoms with van der Waals surface area (Å²) in [6.07, 6.45) is -0.145. The highest BCUT2D eigenvalue weighted by atomic mass is 32.1. The van der Waals surface area contributed by atoms with Crippen LogP contribution >= 0.6 is 11.3 Å². The van der Waals surface area contributed by atoms with E-state index >= 15 is 0 Å². The molecule has 3 fully saturated rings. The molecular formula is C22H23NO6S. The summed E-state index contributed by atoms with van der Waals surface area (Å²) in [5, 5.41) is 33.5. The SMILES string of the molecule is O=C1[C@H]2[C@H](C[C@H](CO)[C@@]3(O)O[C@H](c4ccccc4O)C[C@@H]23)C(=O)N1Cc1cccs1. The third-order valence-corrected chi connectivity index (χ3v) is 7.71. The molecule has 30 heavy (non-hydrogen) atoms. The first kappa shape index (κ1) is 19.7. The minimum Gasteiger partial charge on any atom is -0.508 e. The number of aromatic hydroxyl groups is 1. The monoisotopic (exact) mass is 429 g/mol. The van der Waals surface area contributed by atoms with Gasteiger partial charge in [0.15, 0.2) is 5.79 Å². The van der Waals surface area contributed by atoms with Gasteiger partial charge in [0.1, 0.15) is 5.75 Å². The van der Waals surface area contributed by atoms with Gasteiger partial charge in [0, 0.05) is 22.3 Å². The quantitative estimate of drug-likeness (QED) is 0.642. The lowest BCUT2D eigenvalue weighted by molar-refractivity contribution is -0.274. The first-order valence-electron chi connectivity index (χ1n) is 10.1. The summed E-state index contributed by atoms with van der Waals surface area (Å²) in [6, 6.07) is 10.5. The van der Waals surface area contributed by atoms with E-state index in [0.29, 0.717) is 5.56 Å². The summed E-state index contributed by atoms with van der Waals surface area (Å²) in [6.45, 7) is -0.128. The van der Waals surface area contributed by atoms with Gasteiger partial charge in [0.05, 0.1) is 31.1 Å². The van der Waals surface area contributed by atoms with Gasteiger partial charge in [0.25, 0.3) is 0 Å². The zero-order chi connectivity index (χ0) is 21.0. The van der Waals surface area contributed by atoms with Crippen molar-refractivity contribution in [3.05, 3.63) is 52.2 Å². The van der Waals surface area contributed by atoms with Crippen molar-refractivity contribution in [2.45, 2.75) is 31.3 Å². The predicted molar refractivity (Wildman–Crippen MR) is 107 cm³/mol. The number of hydrogen-bond acceptors (Lipinski definition) is 7. The van der Waals surface area contributed by atoms with Gasteiger partial charge >= 0.3 is 0 Å². The number of amides is 2. The largest absolute Gasteiger partial charge is 0.508 e. The molecular weight excluding hydrogens is 406 g/mol. The fourth-order valence-corrected chi connectivity index (χ4v) is 6.12. The topological polar surface area (TPSA) is 107 Å². The summed E-state index contributed by atoms with van der Waals surface area (Å²) < 4.78 is 6.01. The molecule has 1 aromatic heterocycles. The molecule has 3 heterocycles. The van der Waals surface area contributed by atoms with Crippen molar-refractivity contribution in [2.75, 3.05) is 6.61 Å². The lowest BCUT2D eigenvalue weighted by atomic mass is 9.64. The summed E-state index contributed by atoms with van der Waals surface area (Å²) in [5.41, 5.74) is 0.528. The second kappa shape index (κ2) is 7.16. The van der Waals surface area contributed by atoms with Crippen LogP contribution in [0.4, 0.5) is 0 Å². The van der Waals surface area contributed by atoms with Gasteiger partial charge < -0.3 is 20.1 Å². The van der Waals surface area contributed by atoms with Crippen LogP contribution in [-0.4, -0.2) is 44.4 Å². The summed E-state index contributed by atoms with van der Waals surface area (Å²) in [7, 11) is 0. The van der Waals surface area contributed by atoms with Gasteiger partial charge in [-0.1, -0.05) is 24.3 Å². The Balaban J connectivity index is 1.49. The van der Waals surface area contributed by atoms with E-state index < -0.39 is 35.6 Å². The van der Waals surface area contributed by atoms with Crippen LogP contribution in [0.25, 0.3) is 0 Å². The number of thiophene rings is 1. The summed E-state index contributed by atoms with van der Waals surface area (Å²) >= 11 is 1.48. The highest BCUT2D eigenvalue weighted by Crippen LogP contribution is 2.58. The Morgan fingerprint density at radius 1 is 1.13 bits per heavy atom. The lowest BCUT2D eigenvalue weighted by Gasteiger charge is -2.44. The molecule has 0 spiro atoms. The van der Waals surface area contributed by atoms with Crippen LogP contribution in [-0.2, 0) is 20.9 Å². The maximum atomic E-state index is 13.3. The summed E-state index contributed by atoms with van der Waals surface area (Å²) in [4.78, 5) is 28.6. The molecule has 0 bridgehead atoms. The minimum absolute atomic E-state index is 0.0509. The fourth-order valence-electron chi connectivity index (χ4n) is 5.43. The van der Waals surface area contributed by atoms with E-state index in [1.54, 1.807) is 24.3 Å². The van der Waals surface area contributed by atoms with E-state index in [1.165, 1.54) is 16.2 Å². The Labute approximate surface area is 177 Å². The van der Waals surface area contributed by atoms with Crippen molar-refractivity contribution < 1.29 is 29.6 Å². The van der Waals surface area contributed by atoms with Gasteiger partial charge in [-0.3, -0.25) is 14.5 Å². The Hall–Kier alpha value is -2.26. The smallest absolute Gasteiger partial charge is 0.233 e. The van der Waals surface area contributed by atoms with Crippen LogP contribution < -0.4 is 0 Å². The molecule has 1 aromatic carbocycles. The number of hydrogen-bond donors (Lipinski definition) is 3. The van der Waals surface area contributed by atoms with Crippen molar-refractivity contribution in [3.8, 4) is 5.75 Å². The molecule has 2 saturated heterocycles. The van der Waals surface area contributed by atoms with Crippen molar-refractivity contribution in [1.82, 2.24) is 4.90 Å².